The fourth-order valence-corrected chi connectivity index (χ4v) is 6.35. The second-order valence-electron chi connectivity index (χ2n) is 8.65. The van der Waals surface area contributed by atoms with E-state index >= 15 is 0 Å². The standard InChI is InChI=1S/C26H25N3O5S/c30-15-16-7-1-6-12-23(16)35(33,34)24-20(13-18(31)14-22(24)32)26-28-21-11-5-4-10-19(21)25(29-26)27-17-8-2-3-9-17/h1,4-7,10-14,17,30-32H,2-3,8-9,15H2,(H,27,28,29). The highest BCUT2D eigenvalue weighted by Crippen LogP contribution is 2.41. The van der Waals surface area contributed by atoms with Crippen molar-refractivity contribution >= 4 is 26.6 Å². The van der Waals surface area contributed by atoms with Crippen molar-refractivity contribution in [3.63, 3.8) is 0 Å². The van der Waals surface area contributed by atoms with E-state index in [2.05, 4.69) is 15.3 Å². The molecule has 4 N–H and O–H groups in total. The lowest BCUT2D eigenvalue weighted by Gasteiger charge is -2.18. The van der Waals surface area contributed by atoms with Gasteiger partial charge in [0.1, 0.15) is 22.2 Å². The van der Waals surface area contributed by atoms with Gasteiger partial charge in [0.05, 0.1) is 17.0 Å². The van der Waals surface area contributed by atoms with Crippen LogP contribution in [0.5, 0.6) is 11.5 Å². The van der Waals surface area contributed by atoms with E-state index in [1.54, 1.807) is 18.2 Å². The minimum absolute atomic E-state index is 0.0320. The first-order chi connectivity index (χ1) is 16.9. The lowest BCUT2D eigenvalue weighted by molar-refractivity contribution is 0.278. The molecule has 35 heavy (non-hydrogen) atoms. The molecule has 1 saturated carbocycles. The molecule has 0 amide bonds. The first kappa shape index (κ1) is 23.1. The van der Waals surface area contributed by atoms with Gasteiger partial charge >= 0.3 is 0 Å². The summed E-state index contributed by atoms with van der Waals surface area (Å²) in [5.41, 5.74) is 0.754. The molecular formula is C26H25N3O5S. The van der Waals surface area contributed by atoms with Crippen molar-refractivity contribution in [3.05, 3.63) is 66.2 Å². The molecule has 1 aliphatic rings. The van der Waals surface area contributed by atoms with Gasteiger partial charge in [-0.2, -0.15) is 0 Å². The SMILES string of the molecule is O=S(=O)(c1ccccc1CO)c1c(O)cc(O)cc1-c1nc(NC2CCCC2)c2ccccc2n1. The number of nitrogens with zero attached hydrogens (tertiary/aromatic N) is 2. The maximum atomic E-state index is 13.7. The van der Waals surface area contributed by atoms with Crippen molar-refractivity contribution in [3.8, 4) is 22.9 Å². The van der Waals surface area contributed by atoms with Crippen LogP contribution in [0.4, 0.5) is 5.82 Å². The molecule has 0 spiro atoms. The number of hydrogen-bond donors (Lipinski definition) is 4. The van der Waals surface area contributed by atoms with Crippen LogP contribution in [0.25, 0.3) is 22.3 Å². The molecule has 8 nitrogen and oxygen atoms in total. The van der Waals surface area contributed by atoms with E-state index < -0.39 is 27.1 Å². The quantitative estimate of drug-likeness (QED) is 0.312. The Hall–Kier alpha value is -3.69. The lowest BCUT2D eigenvalue weighted by atomic mass is 10.1. The number of aliphatic hydroxyl groups is 1. The number of sulfone groups is 1. The molecule has 0 atom stereocenters. The van der Waals surface area contributed by atoms with Crippen molar-refractivity contribution in [1.29, 1.82) is 0 Å². The van der Waals surface area contributed by atoms with Crippen molar-refractivity contribution in [2.45, 2.75) is 48.1 Å². The number of aromatic hydroxyl groups is 2. The van der Waals surface area contributed by atoms with E-state index in [-0.39, 0.29) is 33.6 Å². The third-order valence-corrected chi connectivity index (χ3v) is 8.24. The number of hydrogen-bond acceptors (Lipinski definition) is 8. The Bertz CT molecular complexity index is 1520. The fourth-order valence-electron chi connectivity index (χ4n) is 4.62. The monoisotopic (exact) mass is 491 g/mol. The number of fused-ring (bicyclic) bond motifs is 1. The number of phenolic OH excluding ortho intramolecular Hbond substituents is 2. The molecule has 1 heterocycles. The van der Waals surface area contributed by atoms with E-state index in [4.69, 9.17) is 0 Å². The molecule has 3 aromatic carbocycles. The normalized spacial score (nSPS) is 14.4. The summed E-state index contributed by atoms with van der Waals surface area (Å²) in [6.45, 7) is -0.495. The number of aliphatic hydroxyl groups excluding tert-OH is 1. The van der Waals surface area contributed by atoms with Gasteiger partial charge in [0.25, 0.3) is 0 Å². The van der Waals surface area contributed by atoms with Crippen LogP contribution in [0.2, 0.25) is 0 Å². The zero-order valence-electron chi connectivity index (χ0n) is 18.8. The van der Waals surface area contributed by atoms with Crippen LogP contribution in [-0.2, 0) is 16.4 Å². The fraction of sp³-hybridized carbons (Fsp3) is 0.231. The van der Waals surface area contributed by atoms with Crippen LogP contribution in [0.3, 0.4) is 0 Å². The zero-order chi connectivity index (χ0) is 24.6. The summed E-state index contributed by atoms with van der Waals surface area (Å²) in [7, 11) is -4.32. The summed E-state index contributed by atoms with van der Waals surface area (Å²) < 4.78 is 27.5. The average molecular weight is 492 g/mol. The first-order valence-corrected chi connectivity index (χ1v) is 12.9. The molecular weight excluding hydrogens is 466 g/mol. The molecule has 0 aliphatic heterocycles. The van der Waals surface area contributed by atoms with Gasteiger partial charge in [0.2, 0.25) is 9.84 Å². The third kappa shape index (κ3) is 4.28. The van der Waals surface area contributed by atoms with Crippen LogP contribution in [0.15, 0.2) is 70.5 Å². The van der Waals surface area contributed by atoms with Gasteiger partial charge in [-0.3, -0.25) is 0 Å². The zero-order valence-corrected chi connectivity index (χ0v) is 19.7. The molecule has 0 radical (unpaired) electrons. The predicted octanol–water partition coefficient (Wildman–Crippen LogP) is 4.39. The van der Waals surface area contributed by atoms with Crippen LogP contribution >= 0.6 is 0 Å². The van der Waals surface area contributed by atoms with Gasteiger partial charge in [-0.05, 0) is 42.7 Å². The highest BCUT2D eigenvalue weighted by Gasteiger charge is 2.30. The summed E-state index contributed by atoms with van der Waals surface area (Å²) in [5.74, 6) is -0.335. The highest BCUT2D eigenvalue weighted by molar-refractivity contribution is 7.91. The number of nitrogens with one attached hydrogen (secondary N) is 1. The minimum atomic E-state index is -4.32. The second kappa shape index (κ2) is 9.16. The molecule has 0 saturated heterocycles. The summed E-state index contributed by atoms with van der Waals surface area (Å²) in [6.07, 6.45) is 4.28. The van der Waals surface area contributed by atoms with E-state index in [1.807, 2.05) is 18.2 Å². The van der Waals surface area contributed by atoms with Gasteiger partial charge in [-0.1, -0.05) is 43.2 Å². The second-order valence-corrected chi connectivity index (χ2v) is 10.5. The van der Waals surface area contributed by atoms with E-state index in [1.165, 1.54) is 18.2 Å². The highest BCUT2D eigenvalue weighted by atomic mass is 32.2. The van der Waals surface area contributed by atoms with Gasteiger partial charge < -0.3 is 20.6 Å². The van der Waals surface area contributed by atoms with Gasteiger partial charge in [0, 0.05) is 23.1 Å². The average Bonchev–Trinajstić information content (AvgIpc) is 3.36. The molecule has 4 aromatic rings. The molecule has 1 aromatic heterocycles. The number of aromatic nitrogens is 2. The van der Waals surface area contributed by atoms with Crippen LogP contribution < -0.4 is 5.32 Å². The molecule has 5 rings (SSSR count). The Morgan fingerprint density at radius 1 is 0.943 bits per heavy atom. The lowest BCUT2D eigenvalue weighted by Crippen LogP contribution is -2.16. The molecule has 1 fully saturated rings. The van der Waals surface area contributed by atoms with E-state index in [9.17, 15) is 23.7 Å². The first-order valence-electron chi connectivity index (χ1n) is 11.4. The largest absolute Gasteiger partial charge is 0.508 e. The molecule has 1 aliphatic carbocycles. The smallest absolute Gasteiger partial charge is 0.211 e. The summed E-state index contributed by atoms with van der Waals surface area (Å²) in [5, 5.41) is 35.0. The van der Waals surface area contributed by atoms with Gasteiger partial charge in [-0.25, -0.2) is 18.4 Å². The Balaban J connectivity index is 1.75. The van der Waals surface area contributed by atoms with Crippen LogP contribution in [0.1, 0.15) is 31.2 Å². The van der Waals surface area contributed by atoms with Crippen molar-refractivity contribution < 1.29 is 23.7 Å². The van der Waals surface area contributed by atoms with Crippen LogP contribution in [-0.4, -0.2) is 39.7 Å². The number of para-hydroxylation sites is 1. The summed E-state index contributed by atoms with van der Waals surface area (Å²) >= 11 is 0. The van der Waals surface area contributed by atoms with Crippen molar-refractivity contribution in [2.75, 3.05) is 5.32 Å². The molecule has 9 heteroatoms. The summed E-state index contributed by atoms with van der Waals surface area (Å²) in [4.78, 5) is 8.68. The molecule has 0 bridgehead atoms. The molecule has 180 valence electrons. The number of rotatable bonds is 6. The Kier molecular flexibility index (Phi) is 6.04. The maximum absolute atomic E-state index is 13.7. The van der Waals surface area contributed by atoms with E-state index in [0.29, 0.717) is 11.3 Å². The Labute approximate surface area is 202 Å². The van der Waals surface area contributed by atoms with E-state index in [0.717, 1.165) is 37.1 Å². The van der Waals surface area contributed by atoms with Gasteiger partial charge in [0.15, 0.2) is 5.82 Å². The Morgan fingerprint density at radius 2 is 1.66 bits per heavy atom. The summed E-state index contributed by atoms with van der Waals surface area (Å²) in [6, 6.07) is 15.9. The maximum Gasteiger partial charge on any atom is 0.211 e. The topological polar surface area (TPSA) is 133 Å². The predicted molar refractivity (Wildman–Crippen MR) is 132 cm³/mol. The Morgan fingerprint density at radius 3 is 2.43 bits per heavy atom. The van der Waals surface area contributed by atoms with Crippen molar-refractivity contribution in [2.24, 2.45) is 0 Å². The number of anilines is 1. The number of phenols is 2. The third-order valence-electron chi connectivity index (χ3n) is 6.30. The van der Waals surface area contributed by atoms with Crippen molar-refractivity contribution in [1.82, 2.24) is 9.97 Å². The minimum Gasteiger partial charge on any atom is -0.508 e. The van der Waals surface area contributed by atoms with Crippen LogP contribution in [0, 0.1) is 0 Å². The van der Waals surface area contributed by atoms with Gasteiger partial charge in [-0.15, -0.1) is 0 Å². The molecule has 0 unspecified atom stereocenters. The number of benzene rings is 3.